The molecule has 0 spiro atoms. The van der Waals surface area contributed by atoms with Gasteiger partial charge in [-0.3, -0.25) is 4.90 Å². The number of nitrogens with zero attached hydrogens (tertiary/aromatic N) is 2. The van der Waals surface area contributed by atoms with E-state index >= 15 is 0 Å². The summed E-state index contributed by atoms with van der Waals surface area (Å²) in [5.74, 6) is -0.193. The number of rotatable bonds is 6. The summed E-state index contributed by atoms with van der Waals surface area (Å²) in [5.41, 5.74) is 3.70. The predicted molar refractivity (Wildman–Crippen MR) is 108 cm³/mol. The molecule has 1 fully saturated rings. The van der Waals surface area contributed by atoms with E-state index in [0.717, 1.165) is 51.1 Å². The van der Waals surface area contributed by atoms with Gasteiger partial charge in [0.15, 0.2) is 0 Å². The number of urea groups is 1. The maximum atomic E-state index is 13.1. The zero-order chi connectivity index (χ0) is 18.2. The van der Waals surface area contributed by atoms with Crippen LogP contribution >= 0.6 is 12.4 Å². The monoisotopic (exact) mass is 383 g/mol. The highest BCUT2D eigenvalue weighted by Gasteiger charge is 2.20. The first kappa shape index (κ1) is 22.5. The molecule has 26 heavy (non-hydrogen) atoms. The molecular weight excluding hydrogens is 353 g/mol. The molecular formula is C20H31ClFN3O. The number of allylic oxidation sites excluding steroid dienone is 2. The smallest absolute Gasteiger partial charge is 0.317 e. The molecule has 1 aromatic carbocycles. The standard InChI is InChI=1S/C20H30FN3O.ClH/c1-4-22-20(25)24-14-12-23(13-15-24)11-5-6-19(16(2)3)17-7-9-18(21)10-8-17;/h7-10H,4-6,11-15H2,1-3H3,(H,22,25);1H. The molecule has 1 saturated heterocycles. The summed E-state index contributed by atoms with van der Waals surface area (Å²) in [6.07, 6.45) is 2.06. The molecule has 1 aliphatic heterocycles. The summed E-state index contributed by atoms with van der Waals surface area (Å²) in [6, 6.07) is 6.83. The van der Waals surface area contributed by atoms with E-state index < -0.39 is 0 Å². The second-order valence-electron chi connectivity index (χ2n) is 6.75. The van der Waals surface area contributed by atoms with Crippen LogP contribution in [0.15, 0.2) is 29.8 Å². The predicted octanol–water partition coefficient (Wildman–Crippen LogP) is 4.17. The Hall–Kier alpha value is -1.59. The maximum Gasteiger partial charge on any atom is 0.317 e. The van der Waals surface area contributed by atoms with Crippen LogP contribution in [-0.2, 0) is 0 Å². The van der Waals surface area contributed by atoms with Crippen molar-refractivity contribution >= 4 is 24.0 Å². The number of nitrogens with one attached hydrogen (secondary N) is 1. The van der Waals surface area contributed by atoms with E-state index in [-0.39, 0.29) is 24.3 Å². The fourth-order valence-corrected chi connectivity index (χ4v) is 3.25. The van der Waals surface area contributed by atoms with Gasteiger partial charge in [0.25, 0.3) is 0 Å². The Bertz CT molecular complexity index is 592. The lowest BCUT2D eigenvalue weighted by Gasteiger charge is -2.34. The van der Waals surface area contributed by atoms with Crippen molar-refractivity contribution in [3.63, 3.8) is 0 Å². The van der Waals surface area contributed by atoms with Gasteiger partial charge in [-0.15, -0.1) is 12.4 Å². The molecule has 0 aromatic heterocycles. The summed E-state index contributed by atoms with van der Waals surface area (Å²) in [7, 11) is 0. The van der Waals surface area contributed by atoms with Crippen LogP contribution in [0.1, 0.15) is 39.2 Å². The molecule has 0 saturated carbocycles. The van der Waals surface area contributed by atoms with Crippen molar-refractivity contribution in [1.29, 1.82) is 0 Å². The van der Waals surface area contributed by atoms with Crippen LogP contribution < -0.4 is 5.32 Å². The van der Waals surface area contributed by atoms with Gasteiger partial charge in [-0.1, -0.05) is 17.7 Å². The lowest BCUT2D eigenvalue weighted by molar-refractivity contribution is 0.139. The zero-order valence-electron chi connectivity index (χ0n) is 16.1. The van der Waals surface area contributed by atoms with Crippen molar-refractivity contribution in [2.24, 2.45) is 0 Å². The Kier molecular flexibility index (Phi) is 9.66. The molecule has 2 amide bonds. The van der Waals surface area contributed by atoms with Crippen molar-refractivity contribution in [2.75, 3.05) is 39.3 Å². The highest BCUT2D eigenvalue weighted by atomic mass is 35.5. The molecule has 0 bridgehead atoms. The molecule has 146 valence electrons. The summed E-state index contributed by atoms with van der Waals surface area (Å²) >= 11 is 0. The number of carbonyl (C=O) groups is 1. The molecule has 1 aromatic rings. The number of hydrogen-bond acceptors (Lipinski definition) is 2. The molecule has 1 N–H and O–H groups in total. The first-order chi connectivity index (χ1) is 12.0. The number of hydrogen-bond donors (Lipinski definition) is 1. The van der Waals surface area contributed by atoms with Crippen molar-refractivity contribution in [2.45, 2.75) is 33.6 Å². The molecule has 1 aliphatic rings. The van der Waals surface area contributed by atoms with Gasteiger partial charge in [0.2, 0.25) is 0 Å². The average Bonchev–Trinajstić information content (AvgIpc) is 2.60. The zero-order valence-corrected chi connectivity index (χ0v) is 16.9. The van der Waals surface area contributed by atoms with E-state index in [1.54, 1.807) is 0 Å². The Balaban J connectivity index is 0.00000338. The van der Waals surface area contributed by atoms with E-state index in [0.29, 0.717) is 6.54 Å². The van der Waals surface area contributed by atoms with Crippen molar-refractivity contribution < 1.29 is 9.18 Å². The second-order valence-corrected chi connectivity index (χ2v) is 6.75. The minimum Gasteiger partial charge on any atom is -0.338 e. The van der Waals surface area contributed by atoms with Gasteiger partial charge in [-0.25, -0.2) is 9.18 Å². The lowest BCUT2D eigenvalue weighted by Crippen LogP contribution is -2.51. The van der Waals surface area contributed by atoms with Crippen LogP contribution in [0.3, 0.4) is 0 Å². The molecule has 2 rings (SSSR count). The van der Waals surface area contributed by atoms with E-state index in [2.05, 4.69) is 24.1 Å². The van der Waals surface area contributed by atoms with Crippen LogP contribution in [0.2, 0.25) is 0 Å². The summed E-state index contributed by atoms with van der Waals surface area (Å²) < 4.78 is 13.1. The Labute approximate surface area is 162 Å². The first-order valence-electron chi connectivity index (χ1n) is 9.18. The average molecular weight is 384 g/mol. The molecule has 0 atom stereocenters. The fraction of sp³-hybridized carbons (Fsp3) is 0.550. The first-order valence-corrected chi connectivity index (χ1v) is 9.18. The molecule has 6 heteroatoms. The third-order valence-corrected chi connectivity index (χ3v) is 4.68. The Morgan fingerprint density at radius 1 is 1.12 bits per heavy atom. The minimum atomic E-state index is -0.193. The fourth-order valence-electron chi connectivity index (χ4n) is 3.25. The topological polar surface area (TPSA) is 35.6 Å². The van der Waals surface area contributed by atoms with E-state index in [4.69, 9.17) is 0 Å². The third kappa shape index (κ3) is 6.61. The molecule has 0 unspecified atom stereocenters. The van der Waals surface area contributed by atoms with E-state index in [9.17, 15) is 9.18 Å². The van der Waals surface area contributed by atoms with Crippen LogP contribution in [0, 0.1) is 5.82 Å². The summed E-state index contributed by atoms with van der Waals surface area (Å²) in [6.45, 7) is 11.3. The van der Waals surface area contributed by atoms with Gasteiger partial charge in [0.1, 0.15) is 5.82 Å². The van der Waals surface area contributed by atoms with Crippen molar-refractivity contribution in [3.8, 4) is 0 Å². The largest absolute Gasteiger partial charge is 0.338 e. The molecule has 4 nitrogen and oxygen atoms in total. The van der Waals surface area contributed by atoms with Gasteiger partial charge in [0.05, 0.1) is 0 Å². The van der Waals surface area contributed by atoms with E-state index in [1.165, 1.54) is 23.3 Å². The second kappa shape index (κ2) is 11.2. The highest BCUT2D eigenvalue weighted by Crippen LogP contribution is 2.24. The molecule has 0 aliphatic carbocycles. The van der Waals surface area contributed by atoms with Gasteiger partial charge in [0, 0.05) is 32.7 Å². The van der Waals surface area contributed by atoms with Crippen molar-refractivity contribution in [3.05, 3.63) is 41.2 Å². The van der Waals surface area contributed by atoms with Gasteiger partial charge in [-0.05, 0) is 63.4 Å². The Morgan fingerprint density at radius 3 is 2.27 bits per heavy atom. The normalized spacial score (nSPS) is 14.5. The van der Waals surface area contributed by atoms with Gasteiger partial charge < -0.3 is 10.2 Å². The number of carbonyl (C=O) groups excluding carboxylic acids is 1. The number of piperazine rings is 1. The summed E-state index contributed by atoms with van der Waals surface area (Å²) in [4.78, 5) is 16.1. The van der Waals surface area contributed by atoms with Crippen LogP contribution in [0.25, 0.3) is 5.57 Å². The highest BCUT2D eigenvalue weighted by molar-refractivity contribution is 5.85. The summed E-state index contributed by atoms with van der Waals surface area (Å²) in [5, 5.41) is 2.86. The molecule has 0 radical (unpaired) electrons. The quantitative estimate of drug-likeness (QED) is 0.800. The van der Waals surface area contributed by atoms with Crippen LogP contribution in [0.4, 0.5) is 9.18 Å². The molecule has 1 heterocycles. The Morgan fingerprint density at radius 2 is 1.73 bits per heavy atom. The number of amides is 2. The number of halogens is 2. The maximum absolute atomic E-state index is 13.1. The SMILES string of the molecule is CCNC(=O)N1CCN(CCCC(=C(C)C)c2ccc(F)cc2)CC1.Cl. The van der Waals surface area contributed by atoms with Crippen LogP contribution in [0.5, 0.6) is 0 Å². The third-order valence-electron chi connectivity index (χ3n) is 4.68. The van der Waals surface area contributed by atoms with Crippen LogP contribution in [-0.4, -0.2) is 55.1 Å². The van der Waals surface area contributed by atoms with E-state index in [1.807, 2.05) is 24.0 Å². The van der Waals surface area contributed by atoms with Gasteiger partial charge in [-0.2, -0.15) is 0 Å². The van der Waals surface area contributed by atoms with Crippen molar-refractivity contribution in [1.82, 2.24) is 15.1 Å². The minimum absolute atomic E-state index is 0. The van der Waals surface area contributed by atoms with Gasteiger partial charge >= 0.3 is 6.03 Å². The lowest BCUT2D eigenvalue weighted by atomic mass is 9.97. The number of benzene rings is 1.